The third-order valence-electron chi connectivity index (χ3n) is 5.30. The molecule has 4 rings (SSSR count). The molecule has 39 heavy (non-hydrogen) atoms. The molecule has 4 aromatic rings. The fourth-order valence-electron chi connectivity index (χ4n) is 3.43. The van der Waals surface area contributed by atoms with Gasteiger partial charge in [-0.2, -0.15) is 13.7 Å². The van der Waals surface area contributed by atoms with Crippen molar-refractivity contribution in [3.8, 4) is 28.8 Å². The topological polar surface area (TPSA) is 118 Å². The Morgan fingerprint density at radius 1 is 1.15 bits per heavy atom. The lowest BCUT2D eigenvalue weighted by atomic mass is 10.1. The first-order chi connectivity index (χ1) is 18.7. The van der Waals surface area contributed by atoms with Gasteiger partial charge in [0.1, 0.15) is 16.5 Å². The maximum absolute atomic E-state index is 12.8. The minimum Gasteiger partial charge on any atom is -0.490 e. The van der Waals surface area contributed by atoms with E-state index in [-0.39, 0.29) is 33.6 Å². The van der Waals surface area contributed by atoms with Crippen molar-refractivity contribution in [3.05, 3.63) is 93.8 Å². The largest absolute Gasteiger partial charge is 0.490 e. The zero-order chi connectivity index (χ0) is 28.0. The second kappa shape index (κ2) is 12.1. The first-order valence-electron chi connectivity index (χ1n) is 11.6. The van der Waals surface area contributed by atoms with E-state index in [1.807, 2.05) is 43.3 Å². The number of ether oxygens (including phenoxy) is 1. The third-order valence-corrected chi connectivity index (χ3v) is 7.58. The average molecular weight is 580 g/mol. The van der Waals surface area contributed by atoms with E-state index in [2.05, 4.69) is 10.3 Å². The molecule has 0 aliphatic heterocycles. The highest BCUT2D eigenvalue weighted by Crippen LogP contribution is 2.39. The summed E-state index contributed by atoms with van der Waals surface area (Å²) in [6.07, 6.45) is 1.31. The van der Waals surface area contributed by atoms with Crippen LogP contribution in [0.15, 0.2) is 82.6 Å². The third kappa shape index (κ3) is 6.83. The molecule has 1 amide bonds. The molecular formula is C28H22ClN3O5S2. The number of thiazole rings is 1. The Hall–Kier alpha value is -4.17. The number of nitrogens with one attached hydrogen (secondary N) is 1. The number of carbonyl (C=O) groups is 1. The van der Waals surface area contributed by atoms with Gasteiger partial charge < -0.3 is 8.92 Å². The van der Waals surface area contributed by atoms with Crippen LogP contribution in [0.3, 0.4) is 0 Å². The Morgan fingerprint density at radius 3 is 2.54 bits per heavy atom. The van der Waals surface area contributed by atoms with Gasteiger partial charge in [0, 0.05) is 10.9 Å². The van der Waals surface area contributed by atoms with Gasteiger partial charge in [-0.1, -0.05) is 59.6 Å². The molecule has 0 saturated carbocycles. The summed E-state index contributed by atoms with van der Waals surface area (Å²) in [6.45, 7) is 3.73. The van der Waals surface area contributed by atoms with Gasteiger partial charge in [-0.15, -0.1) is 11.3 Å². The molecule has 198 valence electrons. The molecule has 0 aliphatic carbocycles. The molecule has 0 unspecified atom stereocenters. The minimum atomic E-state index is -4.20. The van der Waals surface area contributed by atoms with Crippen LogP contribution < -0.4 is 14.2 Å². The van der Waals surface area contributed by atoms with Crippen molar-refractivity contribution in [3.63, 3.8) is 0 Å². The predicted octanol–water partition coefficient (Wildman–Crippen LogP) is 6.48. The zero-order valence-corrected chi connectivity index (χ0v) is 23.2. The molecule has 1 N–H and O–H groups in total. The molecular weight excluding hydrogens is 558 g/mol. The van der Waals surface area contributed by atoms with Gasteiger partial charge in [0.05, 0.1) is 17.3 Å². The lowest BCUT2D eigenvalue weighted by Crippen LogP contribution is -2.13. The molecule has 1 aromatic heterocycles. The molecule has 0 spiro atoms. The van der Waals surface area contributed by atoms with Crippen LogP contribution in [0.25, 0.3) is 17.3 Å². The number of carbonyl (C=O) groups excluding carboxylic acids is 1. The summed E-state index contributed by atoms with van der Waals surface area (Å²) in [6, 6.07) is 20.3. The van der Waals surface area contributed by atoms with E-state index >= 15 is 0 Å². The SMILES string of the molecule is CCOc1cc(C=C(C#N)C(=O)Nc2nc(-c3ccccc3)cs2)cc(Cl)c1OS(=O)(=O)c1ccc(C)cc1. The van der Waals surface area contributed by atoms with Gasteiger partial charge in [-0.05, 0) is 49.8 Å². The van der Waals surface area contributed by atoms with Crippen molar-refractivity contribution in [2.75, 3.05) is 11.9 Å². The number of aromatic nitrogens is 1. The van der Waals surface area contributed by atoms with Crippen LogP contribution in [0.5, 0.6) is 11.5 Å². The number of amides is 1. The summed E-state index contributed by atoms with van der Waals surface area (Å²) in [7, 11) is -4.20. The molecule has 11 heteroatoms. The minimum absolute atomic E-state index is 0.0389. The number of aryl methyl sites for hydroxylation is 1. The highest BCUT2D eigenvalue weighted by Gasteiger charge is 2.23. The van der Waals surface area contributed by atoms with E-state index in [9.17, 15) is 18.5 Å². The molecule has 8 nitrogen and oxygen atoms in total. The smallest absolute Gasteiger partial charge is 0.339 e. The lowest BCUT2D eigenvalue weighted by Gasteiger charge is -2.14. The summed E-state index contributed by atoms with van der Waals surface area (Å²) in [5, 5.41) is 14.3. The van der Waals surface area contributed by atoms with E-state index in [1.165, 1.54) is 41.7 Å². The summed E-state index contributed by atoms with van der Waals surface area (Å²) in [5.41, 5.74) is 2.60. The summed E-state index contributed by atoms with van der Waals surface area (Å²) < 4.78 is 36.6. The molecule has 0 aliphatic rings. The molecule has 1 heterocycles. The van der Waals surface area contributed by atoms with Crippen molar-refractivity contribution in [1.29, 1.82) is 5.26 Å². The number of benzene rings is 3. The van der Waals surface area contributed by atoms with Crippen LogP contribution in [0.1, 0.15) is 18.1 Å². The van der Waals surface area contributed by atoms with Gasteiger partial charge in [-0.25, -0.2) is 4.98 Å². The maximum atomic E-state index is 12.8. The van der Waals surface area contributed by atoms with Crippen molar-refractivity contribution in [2.24, 2.45) is 0 Å². The van der Waals surface area contributed by atoms with Crippen LogP contribution in [-0.4, -0.2) is 25.9 Å². The standard InChI is InChI=1S/C28H22ClN3O5S2/c1-3-36-25-15-19(14-23(29)26(25)37-39(34,35)22-11-9-18(2)10-12-22)13-21(16-30)27(33)32-28-31-24(17-38-28)20-7-5-4-6-8-20/h4-15,17H,3H2,1-2H3,(H,31,32,33). The molecule has 0 saturated heterocycles. The fraction of sp³-hybridized carbons (Fsp3) is 0.107. The Bertz CT molecular complexity index is 1680. The summed E-state index contributed by atoms with van der Waals surface area (Å²) in [5.74, 6) is -0.824. The van der Waals surface area contributed by atoms with Crippen molar-refractivity contribution in [2.45, 2.75) is 18.7 Å². The Kier molecular flexibility index (Phi) is 8.66. The lowest BCUT2D eigenvalue weighted by molar-refractivity contribution is -0.112. The number of hydrogen-bond donors (Lipinski definition) is 1. The number of nitrogens with zero attached hydrogens (tertiary/aromatic N) is 2. The van der Waals surface area contributed by atoms with Gasteiger partial charge >= 0.3 is 10.1 Å². The zero-order valence-electron chi connectivity index (χ0n) is 20.8. The molecule has 0 bridgehead atoms. The van der Waals surface area contributed by atoms with E-state index < -0.39 is 16.0 Å². The number of hydrogen-bond acceptors (Lipinski definition) is 8. The fourth-order valence-corrected chi connectivity index (χ4v) is 5.41. The maximum Gasteiger partial charge on any atom is 0.339 e. The Balaban J connectivity index is 1.59. The molecule has 0 atom stereocenters. The number of anilines is 1. The molecule has 0 fully saturated rings. The average Bonchev–Trinajstić information content (AvgIpc) is 3.38. The van der Waals surface area contributed by atoms with Crippen molar-refractivity contribution in [1.82, 2.24) is 4.98 Å². The van der Waals surface area contributed by atoms with Crippen molar-refractivity contribution < 1.29 is 22.1 Å². The number of rotatable bonds is 9. The van der Waals surface area contributed by atoms with E-state index in [0.29, 0.717) is 16.4 Å². The van der Waals surface area contributed by atoms with Crippen LogP contribution >= 0.6 is 22.9 Å². The highest BCUT2D eigenvalue weighted by molar-refractivity contribution is 7.87. The van der Waals surface area contributed by atoms with E-state index in [0.717, 1.165) is 11.1 Å². The van der Waals surface area contributed by atoms with Gasteiger partial charge in [0.25, 0.3) is 5.91 Å². The van der Waals surface area contributed by atoms with Crippen molar-refractivity contribution >= 4 is 50.2 Å². The first-order valence-corrected chi connectivity index (χ1v) is 14.3. The highest BCUT2D eigenvalue weighted by atomic mass is 35.5. The second-order valence-electron chi connectivity index (χ2n) is 8.14. The monoisotopic (exact) mass is 579 g/mol. The first kappa shape index (κ1) is 27.9. The normalized spacial score (nSPS) is 11.5. The van der Waals surface area contributed by atoms with Gasteiger partial charge in [0.2, 0.25) is 5.75 Å². The van der Waals surface area contributed by atoms with Crippen LogP contribution in [0, 0.1) is 18.3 Å². The quantitative estimate of drug-likeness (QED) is 0.137. The number of nitriles is 1. The second-order valence-corrected chi connectivity index (χ2v) is 11.0. The Morgan fingerprint density at radius 2 is 1.87 bits per heavy atom. The van der Waals surface area contributed by atoms with Crippen LogP contribution in [-0.2, 0) is 14.9 Å². The van der Waals surface area contributed by atoms with E-state index in [4.69, 9.17) is 20.5 Å². The Labute approximate surface area is 235 Å². The van der Waals surface area contributed by atoms with Gasteiger partial charge in [-0.3, -0.25) is 10.1 Å². The summed E-state index contributed by atoms with van der Waals surface area (Å²) >= 11 is 7.63. The van der Waals surface area contributed by atoms with Gasteiger partial charge in [0.15, 0.2) is 10.9 Å². The van der Waals surface area contributed by atoms with Crippen LogP contribution in [0.4, 0.5) is 5.13 Å². The predicted molar refractivity (Wildman–Crippen MR) is 151 cm³/mol. The van der Waals surface area contributed by atoms with E-state index in [1.54, 1.807) is 24.4 Å². The molecule has 0 radical (unpaired) electrons. The number of halogens is 1. The molecule has 3 aromatic carbocycles. The van der Waals surface area contributed by atoms with Crippen LogP contribution in [0.2, 0.25) is 5.02 Å². The summed E-state index contributed by atoms with van der Waals surface area (Å²) in [4.78, 5) is 17.2.